The van der Waals surface area contributed by atoms with Crippen molar-refractivity contribution in [2.75, 3.05) is 19.8 Å². The molecular weight excluding hydrogens is 837 g/mol. The molecule has 1 unspecified atom stereocenters. The molecule has 0 N–H and O–H groups in total. The van der Waals surface area contributed by atoms with Crippen LogP contribution in [0.3, 0.4) is 0 Å². The molecule has 0 saturated carbocycles. The van der Waals surface area contributed by atoms with Gasteiger partial charge < -0.3 is 14.2 Å². The second kappa shape index (κ2) is 58.9. The first kappa shape index (κ1) is 65.6. The number of hydrogen-bond acceptors (Lipinski definition) is 5. The van der Waals surface area contributed by atoms with Crippen molar-refractivity contribution < 1.29 is 23.8 Å². The maximum atomic E-state index is 12.9. The number of allylic oxidation sites excluding steroid dienone is 10. The van der Waals surface area contributed by atoms with Crippen molar-refractivity contribution in [1.29, 1.82) is 0 Å². The molecule has 0 bridgehead atoms. The first-order chi connectivity index (χ1) is 33.6. The predicted molar refractivity (Wildman–Crippen MR) is 298 cm³/mol. The van der Waals surface area contributed by atoms with Crippen LogP contribution in [0.5, 0.6) is 0 Å². The highest BCUT2D eigenvalue weighted by molar-refractivity contribution is 5.70. The molecule has 0 heterocycles. The van der Waals surface area contributed by atoms with Crippen LogP contribution < -0.4 is 0 Å². The summed E-state index contributed by atoms with van der Waals surface area (Å²) in [5, 5.41) is 0. The van der Waals surface area contributed by atoms with Gasteiger partial charge >= 0.3 is 11.9 Å². The van der Waals surface area contributed by atoms with Gasteiger partial charge in [-0.1, -0.05) is 268 Å². The van der Waals surface area contributed by atoms with Gasteiger partial charge in [-0.3, -0.25) is 9.59 Å². The molecule has 68 heavy (non-hydrogen) atoms. The Morgan fingerprint density at radius 1 is 0.338 bits per heavy atom. The van der Waals surface area contributed by atoms with Crippen LogP contribution in [0.25, 0.3) is 0 Å². The molecule has 0 aliphatic rings. The van der Waals surface area contributed by atoms with Gasteiger partial charge in [0.05, 0.1) is 6.61 Å². The highest BCUT2D eigenvalue weighted by Gasteiger charge is 2.17. The smallest absolute Gasteiger partial charge is 0.306 e. The van der Waals surface area contributed by atoms with Crippen molar-refractivity contribution in [3.63, 3.8) is 0 Å². The molecule has 0 aliphatic heterocycles. The molecule has 0 saturated heterocycles. The van der Waals surface area contributed by atoms with Crippen LogP contribution in [-0.4, -0.2) is 37.9 Å². The van der Waals surface area contributed by atoms with Gasteiger partial charge in [-0.25, -0.2) is 0 Å². The topological polar surface area (TPSA) is 61.8 Å². The fraction of sp³-hybridized carbons (Fsp3) is 0.810. The Morgan fingerprint density at radius 3 is 1.09 bits per heavy atom. The first-order valence-electron chi connectivity index (χ1n) is 29.8. The standard InChI is InChI=1S/C63H114O5/c1-4-7-10-13-16-19-22-25-28-30-32-33-36-38-41-44-47-50-53-56-62(64)67-60-61(68-63(65)57-54-51-48-45-42-39-35-27-24-21-18-15-12-9-6-3)59-66-58-55-52-49-46-43-40-37-34-31-29-26-23-20-17-14-11-8-5-2/h8,11,17-18,20-21,26-27,29,35,61H,4-7,9-10,12-16,19,22-25,28,30-34,36-60H2,1-3H3/b11-8-,20-17-,21-18-,29-26-,35-27-. The Bertz CT molecular complexity index is 1170. The summed E-state index contributed by atoms with van der Waals surface area (Å²) < 4.78 is 17.5. The fourth-order valence-corrected chi connectivity index (χ4v) is 8.62. The predicted octanol–water partition coefficient (Wildman–Crippen LogP) is 20.5. The molecule has 0 aliphatic carbocycles. The molecule has 0 fully saturated rings. The fourth-order valence-electron chi connectivity index (χ4n) is 8.62. The number of ether oxygens (including phenoxy) is 3. The number of unbranched alkanes of at least 4 members (excludes halogenated alkanes) is 34. The number of hydrogen-bond donors (Lipinski definition) is 0. The molecule has 0 rings (SSSR count). The lowest BCUT2D eigenvalue weighted by molar-refractivity contribution is -0.163. The summed E-state index contributed by atoms with van der Waals surface area (Å²) in [6.07, 6.45) is 75.3. The number of carbonyl (C=O) groups excluding carboxylic acids is 2. The Labute approximate surface area is 424 Å². The lowest BCUT2D eigenvalue weighted by Crippen LogP contribution is -2.30. The van der Waals surface area contributed by atoms with Gasteiger partial charge in [-0.15, -0.1) is 0 Å². The first-order valence-corrected chi connectivity index (χ1v) is 29.8. The second-order valence-electron chi connectivity index (χ2n) is 19.9. The van der Waals surface area contributed by atoms with Crippen molar-refractivity contribution >= 4 is 11.9 Å². The zero-order chi connectivity index (χ0) is 49.2. The van der Waals surface area contributed by atoms with Crippen LogP contribution in [0.4, 0.5) is 0 Å². The molecule has 0 aromatic carbocycles. The third-order valence-electron chi connectivity index (χ3n) is 13.0. The molecule has 5 nitrogen and oxygen atoms in total. The SMILES string of the molecule is CC/C=C\C/C=C\C/C=C\CCCCCCCCCCOCC(COC(=O)CCCCCCCCCCCCCCCCCCCCC)OC(=O)CCCCCCC/C=C\C/C=C\CCCCC. The summed E-state index contributed by atoms with van der Waals surface area (Å²) in [7, 11) is 0. The minimum atomic E-state index is -0.547. The van der Waals surface area contributed by atoms with Gasteiger partial charge in [-0.2, -0.15) is 0 Å². The van der Waals surface area contributed by atoms with E-state index in [1.54, 1.807) is 0 Å². The largest absolute Gasteiger partial charge is 0.462 e. The average molecular weight is 952 g/mol. The summed E-state index contributed by atoms with van der Waals surface area (Å²) in [6, 6.07) is 0. The maximum absolute atomic E-state index is 12.9. The third kappa shape index (κ3) is 56.2. The van der Waals surface area contributed by atoms with Gasteiger partial charge in [0.25, 0.3) is 0 Å². The molecule has 0 radical (unpaired) electrons. The Balaban J connectivity index is 4.26. The normalized spacial score (nSPS) is 12.6. The third-order valence-corrected chi connectivity index (χ3v) is 13.0. The second-order valence-corrected chi connectivity index (χ2v) is 19.9. The molecule has 5 heteroatoms. The van der Waals surface area contributed by atoms with Crippen LogP contribution in [0.15, 0.2) is 60.8 Å². The van der Waals surface area contributed by atoms with E-state index in [0.29, 0.717) is 19.4 Å². The van der Waals surface area contributed by atoms with E-state index in [4.69, 9.17) is 14.2 Å². The molecule has 0 amide bonds. The van der Waals surface area contributed by atoms with Crippen LogP contribution in [0.2, 0.25) is 0 Å². The molecule has 396 valence electrons. The molecule has 0 aromatic heterocycles. The number of rotatable bonds is 55. The maximum Gasteiger partial charge on any atom is 0.306 e. The van der Waals surface area contributed by atoms with E-state index in [2.05, 4.69) is 81.5 Å². The highest BCUT2D eigenvalue weighted by Crippen LogP contribution is 2.16. The lowest BCUT2D eigenvalue weighted by Gasteiger charge is -2.18. The van der Waals surface area contributed by atoms with Crippen LogP contribution in [0.1, 0.15) is 303 Å². The summed E-state index contributed by atoms with van der Waals surface area (Å²) in [5.41, 5.74) is 0. The Kier molecular flexibility index (Phi) is 56.8. The Hall–Kier alpha value is -2.40. The van der Waals surface area contributed by atoms with Crippen molar-refractivity contribution in [2.24, 2.45) is 0 Å². The Morgan fingerprint density at radius 2 is 0.662 bits per heavy atom. The van der Waals surface area contributed by atoms with Crippen molar-refractivity contribution in [1.82, 2.24) is 0 Å². The minimum Gasteiger partial charge on any atom is -0.462 e. The van der Waals surface area contributed by atoms with Crippen LogP contribution in [-0.2, 0) is 23.8 Å². The minimum absolute atomic E-state index is 0.0790. The van der Waals surface area contributed by atoms with E-state index < -0.39 is 6.10 Å². The van der Waals surface area contributed by atoms with E-state index in [-0.39, 0.29) is 25.2 Å². The number of carbonyl (C=O) groups is 2. The van der Waals surface area contributed by atoms with Crippen molar-refractivity contribution in [3.8, 4) is 0 Å². The van der Waals surface area contributed by atoms with Gasteiger partial charge in [0.1, 0.15) is 6.61 Å². The number of esters is 2. The molecule has 0 aromatic rings. The van der Waals surface area contributed by atoms with E-state index in [9.17, 15) is 9.59 Å². The highest BCUT2D eigenvalue weighted by atomic mass is 16.6. The lowest BCUT2D eigenvalue weighted by atomic mass is 10.0. The summed E-state index contributed by atoms with van der Waals surface area (Å²) in [4.78, 5) is 25.5. The van der Waals surface area contributed by atoms with Crippen molar-refractivity contribution in [2.45, 2.75) is 309 Å². The van der Waals surface area contributed by atoms with Gasteiger partial charge in [0.15, 0.2) is 6.10 Å². The molecular formula is C63H114O5. The van der Waals surface area contributed by atoms with Gasteiger partial charge in [0, 0.05) is 19.4 Å². The summed E-state index contributed by atoms with van der Waals surface area (Å²) >= 11 is 0. The zero-order valence-corrected chi connectivity index (χ0v) is 45.6. The van der Waals surface area contributed by atoms with E-state index in [1.165, 1.54) is 193 Å². The quantitative estimate of drug-likeness (QED) is 0.0345. The van der Waals surface area contributed by atoms with E-state index in [1.807, 2.05) is 0 Å². The summed E-state index contributed by atoms with van der Waals surface area (Å²) in [6.45, 7) is 7.71. The monoisotopic (exact) mass is 951 g/mol. The van der Waals surface area contributed by atoms with Crippen LogP contribution >= 0.6 is 0 Å². The van der Waals surface area contributed by atoms with Gasteiger partial charge in [-0.05, 0) is 83.5 Å². The summed E-state index contributed by atoms with van der Waals surface area (Å²) in [5.74, 6) is -0.402. The molecule has 1 atom stereocenters. The van der Waals surface area contributed by atoms with Crippen LogP contribution in [0, 0.1) is 0 Å². The average Bonchev–Trinajstić information content (AvgIpc) is 3.34. The van der Waals surface area contributed by atoms with E-state index >= 15 is 0 Å². The zero-order valence-electron chi connectivity index (χ0n) is 45.6. The van der Waals surface area contributed by atoms with Crippen molar-refractivity contribution in [3.05, 3.63) is 60.8 Å². The van der Waals surface area contributed by atoms with E-state index in [0.717, 1.165) is 77.0 Å². The molecule has 0 spiro atoms. The van der Waals surface area contributed by atoms with Gasteiger partial charge in [0.2, 0.25) is 0 Å².